The summed E-state index contributed by atoms with van der Waals surface area (Å²) in [5.74, 6) is -2.15. The fourth-order valence-corrected chi connectivity index (χ4v) is 1.89. The van der Waals surface area contributed by atoms with E-state index in [1.54, 1.807) is 12.4 Å². The summed E-state index contributed by atoms with van der Waals surface area (Å²) < 4.78 is 0. The van der Waals surface area contributed by atoms with Gasteiger partial charge in [0.2, 0.25) is 0 Å². The van der Waals surface area contributed by atoms with Crippen LogP contribution in [0.4, 0.5) is 0 Å². The number of Topliss-reactive ketones (excluding diaryl/α,β-unsaturated/α-hetero) is 3. The summed E-state index contributed by atoms with van der Waals surface area (Å²) >= 11 is 0. The van der Waals surface area contributed by atoms with Crippen molar-refractivity contribution in [3.8, 4) is 11.4 Å². The first kappa shape index (κ1) is 21.6. The van der Waals surface area contributed by atoms with Crippen LogP contribution in [0.25, 0.3) is 11.4 Å². The second kappa shape index (κ2) is 11.2. The fourth-order valence-electron chi connectivity index (χ4n) is 1.89. The van der Waals surface area contributed by atoms with Gasteiger partial charge in [0, 0.05) is 50.1 Å². The summed E-state index contributed by atoms with van der Waals surface area (Å²) in [5, 5.41) is 0. The molecular formula is C17H18CaN2O3. The van der Waals surface area contributed by atoms with Gasteiger partial charge in [0.1, 0.15) is 23.3 Å². The van der Waals surface area contributed by atoms with Gasteiger partial charge in [0.25, 0.3) is 0 Å². The van der Waals surface area contributed by atoms with E-state index < -0.39 is 5.92 Å². The van der Waals surface area contributed by atoms with Crippen LogP contribution in [0.15, 0.2) is 48.8 Å². The molecule has 0 aromatic carbocycles. The zero-order valence-electron chi connectivity index (χ0n) is 13.5. The van der Waals surface area contributed by atoms with E-state index in [1.165, 1.54) is 20.8 Å². The third-order valence-corrected chi connectivity index (χ3v) is 2.81. The maximum absolute atomic E-state index is 10.6. The second-order valence-electron chi connectivity index (χ2n) is 4.69. The molecule has 0 fully saturated rings. The number of carbonyl (C=O) groups excluding carboxylic acids is 3. The Labute approximate surface area is 165 Å². The molecule has 0 saturated carbocycles. The molecule has 0 amide bonds. The summed E-state index contributed by atoms with van der Waals surface area (Å²) in [6, 6.07) is 11.6. The van der Waals surface area contributed by atoms with Gasteiger partial charge in [-0.25, -0.2) is 0 Å². The molecule has 5 nitrogen and oxygen atoms in total. The van der Waals surface area contributed by atoms with Gasteiger partial charge >= 0.3 is 0 Å². The van der Waals surface area contributed by atoms with Crippen molar-refractivity contribution in [3.05, 3.63) is 48.8 Å². The predicted octanol–water partition coefficient (Wildman–Crippen LogP) is 2.13. The van der Waals surface area contributed by atoms with Crippen LogP contribution < -0.4 is 0 Å². The van der Waals surface area contributed by atoms with Gasteiger partial charge in [-0.05, 0) is 45.0 Å². The molecule has 2 radical (unpaired) electrons. The van der Waals surface area contributed by atoms with Crippen LogP contribution in [0, 0.1) is 5.92 Å². The van der Waals surface area contributed by atoms with Gasteiger partial charge in [-0.3, -0.25) is 24.4 Å². The van der Waals surface area contributed by atoms with Gasteiger partial charge < -0.3 is 0 Å². The maximum atomic E-state index is 10.6. The molecule has 0 unspecified atom stereocenters. The molecule has 2 aromatic rings. The molecule has 0 aliphatic rings. The number of hydrogen-bond donors (Lipinski definition) is 0. The van der Waals surface area contributed by atoms with Crippen molar-refractivity contribution in [2.45, 2.75) is 20.8 Å². The topological polar surface area (TPSA) is 77.0 Å². The number of ketones is 3. The molecule has 0 aliphatic carbocycles. The van der Waals surface area contributed by atoms with Crippen molar-refractivity contribution in [1.82, 2.24) is 9.97 Å². The molecule has 2 heterocycles. The third-order valence-electron chi connectivity index (χ3n) is 2.81. The van der Waals surface area contributed by atoms with Gasteiger partial charge in [-0.15, -0.1) is 0 Å². The first-order chi connectivity index (χ1) is 10.4. The fraction of sp³-hybridized carbons (Fsp3) is 0.235. The predicted molar refractivity (Wildman–Crippen MR) is 88.8 cm³/mol. The Morgan fingerprint density at radius 3 is 1.26 bits per heavy atom. The number of aromatic nitrogens is 2. The summed E-state index contributed by atoms with van der Waals surface area (Å²) in [6.45, 7) is 3.73. The minimum Gasteiger partial charge on any atom is -0.299 e. The Hall–Kier alpha value is -1.43. The van der Waals surface area contributed by atoms with Crippen LogP contribution in [-0.2, 0) is 14.4 Å². The molecule has 2 aromatic heterocycles. The van der Waals surface area contributed by atoms with Crippen LogP contribution in [0.1, 0.15) is 20.8 Å². The van der Waals surface area contributed by atoms with Crippen molar-refractivity contribution >= 4 is 55.1 Å². The molecule has 116 valence electrons. The summed E-state index contributed by atoms with van der Waals surface area (Å²) in [6.07, 6.45) is 3.54. The van der Waals surface area contributed by atoms with Crippen molar-refractivity contribution < 1.29 is 14.4 Å². The molecule has 2 rings (SSSR count). The Kier molecular flexibility index (Phi) is 10.5. The molecule has 23 heavy (non-hydrogen) atoms. The molecule has 0 spiro atoms. The van der Waals surface area contributed by atoms with Gasteiger partial charge in [-0.1, -0.05) is 12.1 Å². The minimum atomic E-state index is -1.03. The molecular weight excluding hydrogens is 320 g/mol. The quantitative estimate of drug-likeness (QED) is 0.630. The molecule has 0 atom stereocenters. The normalized spacial score (nSPS) is 9.22. The molecule has 0 N–H and O–H groups in total. The third kappa shape index (κ3) is 7.59. The smallest absolute Gasteiger partial charge is 0.147 e. The standard InChI is InChI=1S/C10H8N2.C7H10O3.Ca/c1-3-7-11-9(5-1)10-6-2-4-8-12-10;1-4(8)7(5(2)9)6(3)10;/h1-8H;7H,1-3H3;. The van der Waals surface area contributed by atoms with E-state index >= 15 is 0 Å². The molecule has 0 saturated heterocycles. The second-order valence-corrected chi connectivity index (χ2v) is 4.69. The Bertz CT molecular complexity index is 575. The van der Waals surface area contributed by atoms with E-state index in [0.717, 1.165) is 11.4 Å². The van der Waals surface area contributed by atoms with E-state index in [0.29, 0.717) is 0 Å². The number of nitrogens with zero attached hydrogens (tertiary/aromatic N) is 2. The number of pyridine rings is 2. The first-order valence-corrected chi connectivity index (χ1v) is 6.77. The largest absolute Gasteiger partial charge is 0.299 e. The van der Waals surface area contributed by atoms with Crippen molar-refractivity contribution in [1.29, 1.82) is 0 Å². The van der Waals surface area contributed by atoms with Crippen molar-refractivity contribution in [2.24, 2.45) is 5.92 Å². The average Bonchev–Trinajstić information content (AvgIpc) is 2.48. The Balaban J connectivity index is 0.000000412. The number of rotatable bonds is 4. The average molecular weight is 338 g/mol. The van der Waals surface area contributed by atoms with Crippen LogP contribution in [0.5, 0.6) is 0 Å². The van der Waals surface area contributed by atoms with E-state index in [9.17, 15) is 14.4 Å². The summed E-state index contributed by atoms with van der Waals surface area (Å²) in [4.78, 5) is 40.1. The van der Waals surface area contributed by atoms with Gasteiger partial charge in [0.05, 0.1) is 11.4 Å². The number of carbonyl (C=O) groups is 3. The monoisotopic (exact) mass is 338 g/mol. The SMILES string of the molecule is CC(=O)C(C(C)=O)C(C)=O.[Ca].c1ccc(-c2ccccn2)nc1. The van der Waals surface area contributed by atoms with Crippen LogP contribution >= 0.6 is 0 Å². The minimum absolute atomic E-state index is 0. The van der Waals surface area contributed by atoms with Gasteiger partial charge in [0.15, 0.2) is 0 Å². The molecule has 0 aliphatic heterocycles. The summed E-state index contributed by atoms with van der Waals surface area (Å²) in [5.41, 5.74) is 1.83. The zero-order chi connectivity index (χ0) is 16.5. The maximum Gasteiger partial charge on any atom is 0.147 e. The Morgan fingerprint density at radius 2 is 1.09 bits per heavy atom. The summed E-state index contributed by atoms with van der Waals surface area (Å²) in [7, 11) is 0. The van der Waals surface area contributed by atoms with Crippen molar-refractivity contribution in [3.63, 3.8) is 0 Å². The van der Waals surface area contributed by atoms with E-state index in [4.69, 9.17) is 0 Å². The van der Waals surface area contributed by atoms with Gasteiger partial charge in [-0.2, -0.15) is 0 Å². The van der Waals surface area contributed by atoms with Crippen LogP contribution in [0.3, 0.4) is 0 Å². The van der Waals surface area contributed by atoms with E-state index in [-0.39, 0.29) is 55.1 Å². The van der Waals surface area contributed by atoms with E-state index in [2.05, 4.69) is 9.97 Å². The van der Waals surface area contributed by atoms with Crippen molar-refractivity contribution in [2.75, 3.05) is 0 Å². The molecule has 0 bridgehead atoms. The Morgan fingerprint density at radius 1 is 0.739 bits per heavy atom. The zero-order valence-corrected chi connectivity index (χ0v) is 15.7. The first-order valence-electron chi connectivity index (χ1n) is 6.77. The van der Waals surface area contributed by atoms with Crippen LogP contribution in [-0.4, -0.2) is 65.1 Å². The van der Waals surface area contributed by atoms with E-state index in [1.807, 2.05) is 36.4 Å². The molecule has 6 heteroatoms. The number of hydrogen-bond acceptors (Lipinski definition) is 5. The van der Waals surface area contributed by atoms with Crippen LogP contribution in [0.2, 0.25) is 0 Å².